The SMILES string of the molecule is CC(C)CCN1C(=O)c2ccc(C(=O)OC(C)C(=O)Nc3ccc(S(N)(=O)=O)cc3)cc2C1=O. The summed E-state index contributed by atoms with van der Waals surface area (Å²) in [5.41, 5.74) is 0.653. The Bertz CT molecular complexity index is 1250. The Labute approximate surface area is 197 Å². The molecule has 180 valence electrons. The van der Waals surface area contributed by atoms with Crippen LogP contribution in [0.2, 0.25) is 0 Å². The molecular formula is C23H25N3O7S. The Morgan fingerprint density at radius 1 is 1.00 bits per heavy atom. The average Bonchev–Trinajstić information content (AvgIpc) is 3.01. The topological polar surface area (TPSA) is 153 Å². The molecule has 1 aliphatic rings. The summed E-state index contributed by atoms with van der Waals surface area (Å²) in [4.78, 5) is 51.2. The first-order valence-corrected chi connectivity index (χ1v) is 12.1. The summed E-state index contributed by atoms with van der Waals surface area (Å²) in [6, 6.07) is 9.22. The monoisotopic (exact) mass is 487 g/mol. The van der Waals surface area contributed by atoms with Crippen LogP contribution in [0.15, 0.2) is 47.4 Å². The van der Waals surface area contributed by atoms with Gasteiger partial charge in [0.25, 0.3) is 17.7 Å². The lowest BCUT2D eigenvalue weighted by Crippen LogP contribution is -2.31. The van der Waals surface area contributed by atoms with Crippen LogP contribution in [-0.2, 0) is 19.6 Å². The summed E-state index contributed by atoms with van der Waals surface area (Å²) in [6.45, 7) is 5.63. The van der Waals surface area contributed by atoms with Gasteiger partial charge in [-0.3, -0.25) is 19.3 Å². The van der Waals surface area contributed by atoms with E-state index in [2.05, 4.69) is 5.32 Å². The second-order valence-electron chi connectivity index (χ2n) is 8.31. The molecule has 3 rings (SSSR count). The lowest BCUT2D eigenvalue weighted by Gasteiger charge is -2.14. The van der Waals surface area contributed by atoms with E-state index < -0.39 is 39.8 Å². The summed E-state index contributed by atoms with van der Waals surface area (Å²) in [6.07, 6.45) is -0.531. The number of anilines is 1. The Hall–Kier alpha value is -3.57. The minimum Gasteiger partial charge on any atom is -0.449 e. The highest BCUT2D eigenvalue weighted by Crippen LogP contribution is 2.25. The number of nitrogens with zero attached hydrogens (tertiary/aromatic N) is 1. The normalized spacial score (nSPS) is 14.2. The van der Waals surface area contributed by atoms with E-state index in [9.17, 15) is 27.6 Å². The minimum atomic E-state index is -3.86. The Balaban J connectivity index is 1.65. The number of hydrogen-bond acceptors (Lipinski definition) is 7. The van der Waals surface area contributed by atoms with Gasteiger partial charge in [-0.2, -0.15) is 0 Å². The van der Waals surface area contributed by atoms with Crippen LogP contribution in [0.4, 0.5) is 5.69 Å². The number of carbonyl (C=O) groups excluding carboxylic acids is 4. The number of nitrogens with one attached hydrogen (secondary N) is 1. The summed E-state index contributed by atoms with van der Waals surface area (Å²) >= 11 is 0. The van der Waals surface area contributed by atoms with Crippen LogP contribution < -0.4 is 10.5 Å². The average molecular weight is 488 g/mol. The van der Waals surface area contributed by atoms with E-state index in [1.807, 2.05) is 13.8 Å². The quantitative estimate of drug-likeness (QED) is 0.427. The van der Waals surface area contributed by atoms with E-state index in [0.29, 0.717) is 18.9 Å². The predicted octanol–water partition coefficient (Wildman–Crippen LogP) is 2.16. The molecule has 0 saturated carbocycles. The van der Waals surface area contributed by atoms with Gasteiger partial charge in [-0.15, -0.1) is 0 Å². The third-order valence-corrected chi connectivity index (χ3v) is 6.17. The molecule has 34 heavy (non-hydrogen) atoms. The van der Waals surface area contributed by atoms with Crippen molar-refractivity contribution in [3.05, 3.63) is 59.2 Å². The molecule has 11 heteroatoms. The smallest absolute Gasteiger partial charge is 0.338 e. The van der Waals surface area contributed by atoms with Gasteiger partial charge in [-0.05, 0) is 61.7 Å². The largest absolute Gasteiger partial charge is 0.449 e. The molecule has 10 nitrogen and oxygen atoms in total. The number of hydrogen-bond donors (Lipinski definition) is 2. The fourth-order valence-corrected chi connectivity index (χ4v) is 3.78. The van der Waals surface area contributed by atoms with Crippen molar-refractivity contribution < 1.29 is 32.3 Å². The van der Waals surface area contributed by atoms with E-state index in [4.69, 9.17) is 9.88 Å². The van der Waals surface area contributed by atoms with Gasteiger partial charge in [0.15, 0.2) is 6.10 Å². The van der Waals surface area contributed by atoms with Crippen molar-refractivity contribution in [1.29, 1.82) is 0 Å². The van der Waals surface area contributed by atoms with Gasteiger partial charge in [0, 0.05) is 12.2 Å². The predicted molar refractivity (Wildman–Crippen MR) is 123 cm³/mol. The van der Waals surface area contributed by atoms with Crippen LogP contribution in [0.25, 0.3) is 0 Å². The number of primary sulfonamides is 1. The van der Waals surface area contributed by atoms with Crippen molar-refractivity contribution in [2.24, 2.45) is 11.1 Å². The molecule has 0 fully saturated rings. The van der Waals surface area contributed by atoms with Crippen LogP contribution in [0.1, 0.15) is 58.3 Å². The Morgan fingerprint density at radius 3 is 2.21 bits per heavy atom. The van der Waals surface area contributed by atoms with Crippen molar-refractivity contribution in [1.82, 2.24) is 4.90 Å². The van der Waals surface area contributed by atoms with E-state index in [1.54, 1.807) is 0 Å². The molecule has 0 bridgehead atoms. The van der Waals surface area contributed by atoms with E-state index >= 15 is 0 Å². The molecule has 1 atom stereocenters. The molecule has 2 aromatic carbocycles. The Kier molecular flexibility index (Phi) is 7.18. The van der Waals surface area contributed by atoms with Crippen LogP contribution in [-0.4, -0.2) is 49.7 Å². The third-order valence-electron chi connectivity index (χ3n) is 5.24. The van der Waals surface area contributed by atoms with Gasteiger partial charge in [-0.1, -0.05) is 13.8 Å². The zero-order chi connectivity index (χ0) is 25.2. The first kappa shape index (κ1) is 25.1. The molecule has 1 heterocycles. The molecule has 1 unspecified atom stereocenters. The van der Waals surface area contributed by atoms with Crippen molar-refractivity contribution >= 4 is 39.4 Å². The fourth-order valence-electron chi connectivity index (χ4n) is 3.26. The number of amides is 3. The molecule has 3 amide bonds. The number of nitrogens with two attached hydrogens (primary N) is 1. The van der Waals surface area contributed by atoms with E-state index in [0.717, 1.165) is 4.90 Å². The molecule has 0 radical (unpaired) electrons. The van der Waals surface area contributed by atoms with Gasteiger partial charge in [-0.25, -0.2) is 18.4 Å². The number of ether oxygens (including phenoxy) is 1. The lowest BCUT2D eigenvalue weighted by molar-refractivity contribution is -0.123. The highest BCUT2D eigenvalue weighted by Gasteiger charge is 2.36. The van der Waals surface area contributed by atoms with Gasteiger partial charge in [0.05, 0.1) is 21.6 Å². The number of imide groups is 1. The van der Waals surface area contributed by atoms with Crippen molar-refractivity contribution in [3.63, 3.8) is 0 Å². The number of esters is 1. The lowest BCUT2D eigenvalue weighted by atomic mass is 10.1. The maximum absolute atomic E-state index is 12.7. The highest BCUT2D eigenvalue weighted by atomic mass is 32.2. The van der Waals surface area contributed by atoms with Crippen LogP contribution >= 0.6 is 0 Å². The third kappa shape index (κ3) is 5.49. The summed E-state index contributed by atoms with van der Waals surface area (Å²) in [7, 11) is -3.86. The molecule has 0 aromatic heterocycles. The van der Waals surface area contributed by atoms with Crippen LogP contribution in [0, 0.1) is 5.92 Å². The molecular weight excluding hydrogens is 462 g/mol. The standard InChI is InChI=1S/C23H25N3O7S/c1-13(2)10-11-26-21(28)18-9-4-15(12-19(18)22(26)29)23(30)33-14(3)20(27)25-16-5-7-17(8-6-16)34(24,31)32/h4-9,12-14H,10-11H2,1-3H3,(H,25,27)(H2,24,31,32). The van der Waals surface area contributed by atoms with Crippen molar-refractivity contribution in [3.8, 4) is 0 Å². The first-order valence-electron chi connectivity index (χ1n) is 10.5. The first-order chi connectivity index (χ1) is 15.9. The zero-order valence-corrected chi connectivity index (χ0v) is 19.7. The van der Waals surface area contributed by atoms with Crippen LogP contribution in [0.5, 0.6) is 0 Å². The number of rotatable bonds is 8. The molecule has 3 N–H and O–H groups in total. The van der Waals surface area contributed by atoms with Crippen molar-refractivity contribution in [2.75, 3.05) is 11.9 Å². The molecule has 0 aliphatic carbocycles. The molecule has 2 aromatic rings. The van der Waals surface area contributed by atoms with Gasteiger partial charge in [0.1, 0.15) is 0 Å². The summed E-state index contributed by atoms with van der Waals surface area (Å²) in [5.74, 6) is -2.04. The molecule has 0 saturated heterocycles. The van der Waals surface area contributed by atoms with Crippen molar-refractivity contribution in [2.45, 2.75) is 38.2 Å². The van der Waals surface area contributed by atoms with Gasteiger partial charge >= 0.3 is 5.97 Å². The molecule has 0 spiro atoms. The van der Waals surface area contributed by atoms with Gasteiger partial charge in [0.2, 0.25) is 10.0 Å². The van der Waals surface area contributed by atoms with E-state index in [-0.39, 0.29) is 27.3 Å². The maximum atomic E-state index is 12.7. The zero-order valence-electron chi connectivity index (χ0n) is 18.9. The maximum Gasteiger partial charge on any atom is 0.338 e. The second kappa shape index (κ2) is 9.74. The summed E-state index contributed by atoms with van der Waals surface area (Å²) < 4.78 is 27.8. The highest BCUT2D eigenvalue weighted by molar-refractivity contribution is 7.89. The van der Waals surface area contributed by atoms with E-state index in [1.165, 1.54) is 49.4 Å². The number of sulfonamides is 1. The number of fused-ring (bicyclic) bond motifs is 1. The number of benzene rings is 2. The van der Waals surface area contributed by atoms with Gasteiger partial charge < -0.3 is 10.1 Å². The number of carbonyl (C=O) groups is 4. The second-order valence-corrected chi connectivity index (χ2v) is 9.87. The summed E-state index contributed by atoms with van der Waals surface area (Å²) in [5, 5.41) is 7.54. The Morgan fingerprint density at radius 2 is 1.62 bits per heavy atom. The minimum absolute atomic E-state index is 0.0303. The fraction of sp³-hybridized carbons (Fsp3) is 0.304. The van der Waals surface area contributed by atoms with Crippen LogP contribution in [0.3, 0.4) is 0 Å². The molecule has 1 aliphatic heterocycles.